The van der Waals surface area contributed by atoms with E-state index in [9.17, 15) is 30.8 Å². The van der Waals surface area contributed by atoms with Crippen LogP contribution in [0.1, 0.15) is 21.5 Å². The zero-order valence-electron chi connectivity index (χ0n) is 12.3. The van der Waals surface area contributed by atoms with Crippen molar-refractivity contribution in [1.29, 1.82) is 0 Å². The fourth-order valence-electron chi connectivity index (χ4n) is 1.97. The second-order valence-electron chi connectivity index (χ2n) is 4.88. The molecule has 0 saturated carbocycles. The highest BCUT2D eigenvalue weighted by atomic mass is 32.2. The van der Waals surface area contributed by atoms with Gasteiger partial charge in [-0.2, -0.15) is 0 Å². The number of ketones is 1. The fourth-order valence-corrected chi connectivity index (χ4v) is 2.49. The number of carbonyl (C=O) groups excluding carboxylic acids is 1. The van der Waals surface area contributed by atoms with Crippen molar-refractivity contribution in [2.45, 2.75) is 11.3 Å². The van der Waals surface area contributed by atoms with Gasteiger partial charge in [0.15, 0.2) is 5.78 Å². The summed E-state index contributed by atoms with van der Waals surface area (Å²) < 4.78 is 76.9. The second-order valence-corrected chi connectivity index (χ2v) is 6.44. The number of benzene rings is 2. The van der Waals surface area contributed by atoms with Crippen molar-refractivity contribution in [1.82, 2.24) is 0 Å². The Hall–Kier alpha value is -2.46. The number of ether oxygens (including phenoxy) is 1. The highest BCUT2D eigenvalue weighted by Gasteiger charge is 2.31. The van der Waals surface area contributed by atoms with Gasteiger partial charge in [-0.3, -0.25) is 4.79 Å². The highest BCUT2D eigenvalue weighted by molar-refractivity contribution is 7.89. The van der Waals surface area contributed by atoms with Gasteiger partial charge in [-0.15, -0.1) is 13.2 Å². The summed E-state index contributed by atoms with van der Waals surface area (Å²) in [4.78, 5) is 11.8. The van der Waals surface area contributed by atoms with Crippen molar-refractivity contribution in [2.24, 2.45) is 5.14 Å². The summed E-state index contributed by atoms with van der Waals surface area (Å²) in [7, 11) is -4.18. The van der Waals surface area contributed by atoms with Gasteiger partial charge in [0.25, 0.3) is 0 Å². The molecule has 1 radical (unpaired) electrons. The van der Waals surface area contributed by atoms with Crippen molar-refractivity contribution < 1.29 is 35.5 Å². The lowest BCUT2D eigenvalue weighted by molar-refractivity contribution is -0.274. The van der Waals surface area contributed by atoms with Gasteiger partial charge < -0.3 is 4.74 Å². The van der Waals surface area contributed by atoms with Crippen LogP contribution in [-0.4, -0.2) is 20.6 Å². The van der Waals surface area contributed by atoms with Crippen LogP contribution in [0.2, 0.25) is 0 Å². The van der Waals surface area contributed by atoms with E-state index in [1.165, 1.54) is 0 Å². The fraction of sp³-hybridized carbons (Fsp3) is 0.0667. The Bertz CT molecular complexity index is 939. The van der Waals surface area contributed by atoms with Gasteiger partial charge in [-0.25, -0.2) is 17.9 Å². The second kappa shape index (κ2) is 6.45. The first-order valence-corrected chi connectivity index (χ1v) is 8.02. The predicted molar refractivity (Wildman–Crippen MR) is 78.8 cm³/mol. The number of carbonyl (C=O) groups is 1. The molecule has 0 aromatic heterocycles. The Kier molecular flexibility index (Phi) is 4.87. The first-order valence-electron chi connectivity index (χ1n) is 6.47. The third kappa shape index (κ3) is 4.54. The van der Waals surface area contributed by atoms with Crippen LogP contribution in [0.4, 0.5) is 17.6 Å². The summed E-state index contributed by atoms with van der Waals surface area (Å²) in [6.45, 7) is 3.50. The normalized spacial score (nSPS) is 12.1. The number of hydrogen-bond donors (Lipinski definition) is 1. The van der Waals surface area contributed by atoms with Crippen molar-refractivity contribution in [3.05, 3.63) is 65.8 Å². The molecule has 25 heavy (non-hydrogen) atoms. The molecule has 2 aromatic rings. The molecule has 0 saturated heterocycles. The van der Waals surface area contributed by atoms with Gasteiger partial charge in [-0.05, 0) is 42.8 Å². The number of alkyl halides is 3. The van der Waals surface area contributed by atoms with Crippen LogP contribution in [0.5, 0.6) is 5.75 Å². The summed E-state index contributed by atoms with van der Waals surface area (Å²) in [5, 5.41) is 4.85. The van der Waals surface area contributed by atoms with Crippen LogP contribution >= 0.6 is 0 Å². The van der Waals surface area contributed by atoms with E-state index in [1.807, 2.05) is 0 Å². The summed E-state index contributed by atoms with van der Waals surface area (Å²) in [5.41, 5.74) is -0.847. The van der Waals surface area contributed by atoms with Gasteiger partial charge in [0.05, 0.1) is 10.5 Å². The third-order valence-electron chi connectivity index (χ3n) is 3.07. The predicted octanol–water partition coefficient (Wildman–Crippen LogP) is 2.78. The minimum atomic E-state index is -4.97. The van der Waals surface area contributed by atoms with E-state index in [0.29, 0.717) is 6.07 Å². The maximum absolute atomic E-state index is 14.0. The van der Waals surface area contributed by atoms with Crippen LogP contribution in [0.25, 0.3) is 0 Å². The zero-order chi connectivity index (χ0) is 19.0. The first kappa shape index (κ1) is 18.9. The maximum Gasteiger partial charge on any atom is 0.573 e. The molecule has 0 aliphatic carbocycles. The summed E-state index contributed by atoms with van der Waals surface area (Å²) in [6, 6.07) is 5.14. The SMILES string of the molecule is [CH2]c1ccc(OC(F)(F)F)cc1C(=O)c1ccc(S(N)(=O)=O)cc1F. The average Bonchev–Trinajstić information content (AvgIpc) is 2.46. The maximum atomic E-state index is 14.0. The van der Waals surface area contributed by atoms with Crippen molar-refractivity contribution in [2.75, 3.05) is 0 Å². The number of rotatable bonds is 4. The van der Waals surface area contributed by atoms with Gasteiger partial charge >= 0.3 is 6.36 Å². The number of hydrogen-bond acceptors (Lipinski definition) is 4. The van der Waals surface area contributed by atoms with Crippen LogP contribution < -0.4 is 9.88 Å². The number of halogens is 4. The van der Waals surface area contributed by atoms with E-state index in [-0.39, 0.29) is 11.1 Å². The van der Waals surface area contributed by atoms with Crippen LogP contribution in [-0.2, 0) is 10.0 Å². The minimum Gasteiger partial charge on any atom is -0.406 e. The summed E-state index contributed by atoms with van der Waals surface area (Å²) in [5.74, 6) is -2.86. The molecule has 133 valence electrons. The largest absolute Gasteiger partial charge is 0.573 e. The van der Waals surface area contributed by atoms with Crippen molar-refractivity contribution >= 4 is 15.8 Å². The lowest BCUT2D eigenvalue weighted by Crippen LogP contribution is -2.18. The molecular formula is C15H10F4NO4S. The molecule has 0 aliphatic rings. The molecular weight excluding hydrogens is 366 g/mol. The van der Waals surface area contributed by atoms with Gasteiger partial charge in [0, 0.05) is 5.56 Å². The quantitative estimate of drug-likeness (QED) is 0.657. The molecule has 0 heterocycles. The number of sulfonamides is 1. The molecule has 0 aliphatic heterocycles. The van der Waals surface area contributed by atoms with E-state index >= 15 is 0 Å². The molecule has 0 unspecified atom stereocenters. The topological polar surface area (TPSA) is 86.5 Å². The van der Waals surface area contributed by atoms with Gasteiger partial charge in [0.1, 0.15) is 11.6 Å². The summed E-state index contributed by atoms with van der Waals surface area (Å²) >= 11 is 0. The third-order valence-corrected chi connectivity index (χ3v) is 3.98. The molecule has 0 bridgehead atoms. The smallest absolute Gasteiger partial charge is 0.406 e. The molecule has 2 aromatic carbocycles. The first-order chi connectivity index (χ1) is 11.4. The molecule has 10 heteroatoms. The Balaban J connectivity index is 2.46. The standard InChI is InChI=1S/C15H10F4NO4S/c1-8-2-3-9(24-15(17,18)19)6-12(8)14(21)11-5-4-10(7-13(11)16)25(20,22)23/h2-7H,1H2,(H2,20,22,23). The lowest BCUT2D eigenvalue weighted by atomic mass is 9.98. The number of primary sulfonamides is 1. The van der Waals surface area contributed by atoms with Crippen molar-refractivity contribution in [3.8, 4) is 5.75 Å². The Morgan fingerprint density at radius 3 is 2.24 bits per heavy atom. The van der Waals surface area contributed by atoms with E-state index in [4.69, 9.17) is 5.14 Å². The zero-order valence-corrected chi connectivity index (χ0v) is 13.1. The van der Waals surface area contributed by atoms with E-state index < -0.39 is 44.2 Å². The van der Waals surface area contributed by atoms with E-state index in [0.717, 1.165) is 30.3 Å². The van der Waals surface area contributed by atoms with E-state index in [2.05, 4.69) is 11.7 Å². The van der Waals surface area contributed by atoms with Crippen LogP contribution in [0, 0.1) is 12.7 Å². The Morgan fingerprint density at radius 1 is 1.08 bits per heavy atom. The van der Waals surface area contributed by atoms with Crippen molar-refractivity contribution in [3.63, 3.8) is 0 Å². The number of nitrogens with two attached hydrogens (primary N) is 1. The molecule has 0 amide bonds. The molecule has 0 fully saturated rings. The van der Waals surface area contributed by atoms with Gasteiger partial charge in [-0.1, -0.05) is 6.07 Å². The van der Waals surface area contributed by atoms with Crippen LogP contribution in [0.3, 0.4) is 0 Å². The van der Waals surface area contributed by atoms with Gasteiger partial charge in [0.2, 0.25) is 10.0 Å². The monoisotopic (exact) mass is 376 g/mol. The Morgan fingerprint density at radius 2 is 1.72 bits per heavy atom. The molecule has 0 spiro atoms. The minimum absolute atomic E-state index is 0.0365. The summed E-state index contributed by atoms with van der Waals surface area (Å²) in [6.07, 6.45) is -4.97. The molecule has 2 rings (SSSR count). The average molecular weight is 376 g/mol. The molecule has 0 atom stereocenters. The molecule has 5 nitrogen and oxygen atoms in total. The highest BCUT2D eigenvalue weighted by Crippen LogP contribution is 2.27. The van der Waals surface area contributed by atoms with Crippen LogP contribution in [0.15, 0.2) is 41.3 Å². The van der Waals surface area contributed by atoms with E-state index in [1.54, 1.807) is 0 Å². The Labute approximate surface area is 140 Å². The lowest BCUT2D eigenvalue weighted by Gasteiger charge is -2.12. The molecule has 2 N–H and O–H groups in total.